The third kappa shape index (κ3) is 2.00. The summed E-state index contributed by atoms with van der Waals surface area (Å²) in [6, 6.07) is 4.32. The molecule has 1 unspecified atom stereocenters. The van der Waals surface area contributed by atoms with E-state index in [1.54, 1.807) is 6.07 Å². The maximum atomic E-state index is 12.7. The fraction of sp³-hybridized carbons (Fsp3) is 0.455. The summed E-state index contributed by atoms with van der Waals surface area (Å²) in [4.78, 5) is 0. The molecule has 0 bridgehead atoms. The average Bonchev–Trinajstić information content (AvgIpc) is 2.58. The number of nitrogens with one attached hydrogen (secondary N) is 1. The molecule has 1 heterocycles. The second-order valence-electron chi connectivity index (χ2n) is 3.96. The first-order chi connectivity index (χ1) is 7.52. The van der Waals surface area contributed by atoms with E-state index in [1.807, 2.05) is 0 Å². The van der Waals surface area contributed by atoms with Crippen molar-refractivity contribution in [3.05, 3.63) is 29.3 Å². The summed E-state index contributed by atoms with van der Waals surface area (Å²) < 4.78 is 38.1. The fourth-order valence-electron chi connectivity index (χ4n) is 2.07. The zero-order chi connectivity index (χ0) is 11.8. The van der Waals surface area contributed by atoms with Gasteiger partial charge in [0.25, 0.3) is 0 Å². The van der Waals surface area contributed by atoms with E-state index < -0.39 is 11.7 Å². The van der Waals surface area contributed by atoms with Crippen molar-refractivity contribution in [1.82, 2.24) is 0 Å². The minimum absolute atomic E-state index is 0.0310. The SMILES string of the molecule is NCCC1Cc2cccc(C(F)(F)F)c2N1. The first kappa shape index (κ1) is 11.3. The number of anilines is 1. The second-order valence-corrected chi connectivity index (χ2v) is 3.96. The summed E-state index contributed by atoms with van der Waals surface area (Å²) in [6.07, 6.45) is -2.99. The van der Waals surface area contributed by atoms with E-state index in [0.29, 0.717) is 19.4 Å². The molecule has 1 aromatic rings. The number of rotatable bonds is 2. The number of fused-ring (bicyclic) bond motifs is 1. The Balaban J connectivity index is 2.31. The Labute approximate surface area is 91.6 Å². The summed E-state index contributed by atoms with van der Waals surface area (Å²) in [5.74, 6) is 0. The van der Waals surface area contributed by atoms with E-state index in [9.17, 15) is 13.2 Å². The van der Waals surface area contributed by atoms with Crippen molar-refractivity contribution in [2.75, 3.05) is 11.9 Å². The van der Waals surface area contributed by atoms with Crippen LogP contribution in [-0.2, 0) is 12.6 Å². The molecule has 0 amide bonds. The Kier molecular flexibility index (Phi) is 2.80. The fourth-order valence-corrected chi connectivity index (χ4v) is 2.07. The van der Waals surface area contributed by atoms with Crippen molar-refractivity contribution in [3.8, 4) is 0 Å². The predicted octanol–water partition coefficient (Wildman–Crippen LogP) is 2.39. The van der Waals surface area contributed by atoms with Gasteiger partial charge in [-0.3, -0.25) is 0 Å². The van der Waals surface area contributed by atoms with Crippen LogP contribution in [0, 0.1) is 0 Å². The van der Waals surface area contributed by atoms with Gasteiger partial charge in [0.15, 0.2) is 0 Å². The number of alkyl halides is 3. The molecule has 0 aromatic heterocycles. The molecule has 0 aliphatic carbocycles. The molecule has 0 spiro atoms. The third-order valence-electron chi connectivity index (χ3n) is 2.79. The van der Waals surface area contributed by atoms with Gasteiger partial charge in [-0.25, -0.2) is 0 Å². The number of halogens is 3. The van der Waals surface area contributed by atoms with Gasteiger partial charge >= 0.3 is 6.18 Å². The molecule has 5 heteroatoms. The van der Waals surface area contributed by atoms with Crippen LogP contribution in [0.15, 0.2) is 18.2 Å². The second kappa shape index (κ2) is 3.97. The lowest BCUT2D eigenvalue weighted by molar-refractivity contribution is -0.136. The standard InChI is InChI=1S/C11H13F3N2/c12-11(13,14)9-3-1-2-7-6-8(4-5-15)16-10(7)9/h1-3,8,16H,4-6,15H2. The molecule has 0 fully saturated rings. The first-order valence-electron chi connectivity index (χ1n) is 5.18. The first-order valence-corrected chi connectivity index (χ1v) is 5.18. The van der Waals surface area contributed by atoms with Crippen LogP contribution in [0.2, 0.25) is 0 Å². The van der Waals surface area contributed by atoms with Crippen LogP contribution in [0.5, 0.6) is 0 Å². The molecule has 88 valence electrons. The maximum Gasteiger partial charge on any atom is 0.418 e. The summed E-state index contributed by atoms with van der Waals surface area (Å²) in [5.41, 5.74) is 5.79. The number of para-hydroxylation sites is 1. The molecule has 1 aliphatic heterocycles. The number of hydrogen-bond donors (Lipinski definition) is 2. The Hall–Kier alpha value is -1.23. The summed E-state index contributed by atoms with van der Waals surface area (Å²) >= 11 is 0. The smallest absolute Gasteiger partial charge is 0.381 e. The van der Waals surface area contributed by atoms with Gasteiger partial charge in [-0.15, -0.1) is 0 Å². The molecule has 1 aromatic carbocycles. The molecule has 2 rings (SSSR count). The van der Waals surface area contributed by atoms with Crippen LogP contribution < -0.4 is 11.1 Å². The van der Waals surface area contributed by atoms with Crippen molar-refractivity contribution in [1.29, 1.82) is 0 Å². The van der Waals surface area contributed by atoms with Crippen LogP contribution >= 0.6 is 0 Å². The lowest BCUT2D eigenvalue weighted by Gasteiger charge is -2.13. The van der Waals surface area contributed by atoms with Crippen LogP contribution in [0.1, 0.15) is 17.5 Å². The highest BCUT2D eigenvalue weighted by Gasteiger charge is 2.36. The van der Waals surface area contributed by atoms with Crippen molar-refractivity contribution in [2.45, 2.75) is 25.1 Å². The maximum absolute atomic E-state index is 12.7. The predicted molar refractivity (Wildman–Crippen MR) is 56.2 cm³/mol. The monoisotopic (exact) mass is 230 g/mol. The highest BCUT2D eigenvalue weighted by Crippen LogP contribution is 2.40. The molecule has 1 aliphatic rings. The zero-order valence-corrected chi connectivity index (χ0v) is 8.64. The molecular formula is C11H13F3N2. The lowest BCUT2D eigenvalue weighted by atomic mass is 10.1. The average molecular weight is 230 g/mol. The van der Waals surface area contributed by atoms with Gasteiger partial charge in [0.05, 0.1) is 5.56 Å². The minimum atomic E-state index is -4.30. The Morgan fingerprint density at radius 2 is 2.12 bits per heavy atom. The Morgan fingerprint density at radius 3 is 2.75 bits per heavy atom. The normalized spacial score (nSPS) is 19.4. The van der Waals surface area contributed by atoms with Crippen molar-refractivity contribution < 1.29 is 13.2 Å². The molecule has 0 saturated heterocycles. The van der Waals surface area contributed by atoms with Crippen LogP contribution in [0.4, 0.5) is 18.9 Å². The van der Waals surface area contributed by atoms with E-state index in [0.717, 1.165) is 11.6 Å². The Morgan fingerprint density at radius 1 is 1.38 bits per heavy atom. The zero-order valence-electron chi connectivity index (χ0n) is 8.64. The van der Waals surface area contributed by atoms with Gasteiger partial charge in [-0.1, -0.05) is 12.1 Å². The topological polar surface area (TPSA) is 38.0 Å². The highest BCUT2D eigenvalue weighted by atomic mass is 19.4. The van der Waals surface area contributed by atoms with Crippen LogP contribution in [-0.4, -0.2) is 12.6 Å². The third-order valence-corrected chi connectivity index (χ3v) is 2.79. The molecule has 1 atom stereocenters. The van der Waals surface area contributed by atoms with Gasteiger partial charge in [0.1, 0.15) is 0 Å². The van der Waals surface area contributed by atoms with Gasteiger partial charge in [0.2, 0.25) is 0 Å². The van der Waals surface area contributed by atoms with E-state index in [-0.39, 0.29) is 11.7 Å². The molecule has 3 N–H and O–H groups in total. The van der Waals surface area contributed by atoms with Gasteiger partial charge < -0.3 is 11.1 Å². The van der Waals surface area contributed by atoms with Crippen molar-refractivity contribution in [3.63, 3.8) is 0 Å². The van der Waals surface area contributed by atoms with Crippen LogP contribution in [0.3, 0.4) is 0 Å². The highest BCUT2D eigenvalue weighted by molar-refractivity contribution is 5.63. The van der Waals surface area contributed by atoms with Gasteiger partial charge in [-0.05, 0) is 31.0 Å². The number of hydrogen-bond acceptors (Lipinski definition) is 2. The van der Waals surface area contributed by atoms with Gasteiger partial charge in [0, 0.05) is 11.7 Å². The van der Waals surface area contributed by atoms with Gasteiger partial charge in [-0.2, -0.15) is 13.2 Å². The summed E-state index contributed by atoms with van der Waals surface area (Å²) in [5, 5.41) is 2.91. The minimum Gasteiger partial charge on any atom is -0.381 e. The molecular weight excluding hydrogens is 217 g/mol. The van der Waals surface area contributed by atoms with E-state index in [1.165, 1.54) is 6.07 Å². The molecule has 2 nitrogen and oxygen atoms in total. The molecule has 16 heavy (non-hydrogen) atoms. The van der Waals surface area contributed by atoms with Crippen molar-refractivity contribution in [2.24, 2.45) is 5.73 Å². The number of benzene rings is 1. The Bertz CT molecular complexity index is 387. The molecule has 0 radical (unpaired) electrons. The molecule has 0 saturated carbocycles. The summed E-state index contributed by atoms with van der Waals surface area (Å²) in [7, 11) is 0. The van der Waals surface area contributed by atoms with E-state index in [2.05, 4.69) is 5.32 Å². The quantitative estimate of drug-likeness (QED) is 0.818. The van der Waals surface area contributed by atoms with Crippen molar-refractivity contribution >= 4 is 5.69 Å². The largest absolute Gasteiger partial charge is 0.418 e. The van der Waals surface area contributed by atoms with E-state index in [4.69, 9.17) is 5.73 Å². The summed E-state index contributed by atoms with van der Waals surface area (Å²) in [6.45, 7) is 0.479. The van der Waals surface area contributed by atoms with Crippen LogP contribution in [0.25, 0.3) is 0 Å². The van der Waals surface area contributed by atoms with E-state index >= 15 is 0 Å². The lowest BCUT2D eigenvalue weighted by Crippen LogP contribution is -2.20. The number of nitrogens with two attached hydrogens (primary N) is 1.